The molecule has 0 unspecified atom stereocenters. The second kappa shape index (κ2) is 3.19. The Kier molecular flexibility index (Phi) is 2.04. The van der Waals surface area contributed by atoms with Gasteiger partial charge < -0.3 is 9.47 Å². The highest BCUT2D eigenvalue weighted by molar-refractivity contribution is 9.11. The molecule has 2 nitrogen and oxygen atoms in total. The van der Waals surface area contributed by atoms with Gasteiger partial charge >= 0.3 is 0 Å². The van der Waals surface area contributed by atoms with Crippen LogP contribution in [-0.2, 0) is 0 Å². The van der Waals surface area contributed by atoms with Crippen LogP contribution in [0.15, 0.2) is 23.2 Å². The van der Waals surface area contributed by atoms with E-state index in [1.807, 2.05) is 29.3 Å². The van der Waals surface area contributed by atoms with Gasteiger partial charge in [-0.15, -0.1) is 0 Å². The maximum absolute atomic E-state index is 5.21. The quantitative estimate of drug-likeness (QED) is 0.734. The third-order valence-electron chi connectivity index (χ3n) is 1.65. The summed E-state index contributed by atoms with van der Waals surface area (Å²) < 4.78 is 10.4. The van der Waals surface area contributed by atoms with Gasteiger partial charge in [0.05, 0.1) is 0 Å². The topological polar surface area (TPSA) is 18.5 Å². The molecule has 0 saturated heterocycles. The van der Waals surface area contributed by atoms with Crippen molar-refractivity contribution in [1.82, 2.24) is 0 Å². The molecule has 0 spiro atoms. The van der Waals surface area contributed by atoms with Crippen LogP contribution in [0.4, 0.5) is 0 Å². The second-order valence-corrected chi connectivity index (χ2v) is 2.93. The van der Waals surface area contributed by atoms with Crippen LogP contribution in [0.1, 0.15) is 5.56 Å². The predicted octanol–water partition coefficient (Wildman–Crippen LogP) is 2.78. The molecule has 1 aliphatic rings. The molecule has 1 aromatic carbocycles. The van der Waals surface area contributed by atoms with E-state index >= 15 is 0 Å². The smallest absolute Gasteiger partial charge is 0.231 e. The molecular weight excluding hydrogens is 220 g/mol. The first-order chi connectivity index (χ1) is 5.90. The van der Waals surface area contributed by atoms with Crippen LogP contribution in [0.25, 0.3) is 6.08 Å². The van der Waals surface area contributed by atoms with Crippen LogP contribution in [-0.4, -0.2) is 6.79 Å². The fraction of sp³-hybridized carbons (Fsp3) is 0.111. The van der Waals surface area contributed by atoms with Crippen molar-refractivity contribution >= 4 is 22.0 Å². The third-order valence-corrected chi connectivity index (χ3v) is 1.92. The first kappa shape index (κ1) is 7.68. The van der Waals surface area contributed by atoms with Crippen molar-refractivity contribution in [2.24, 2.45) is 0 Å². The van der Waals surface area contributed by atoms with E-state index in [9.17, 15) is 0 Å². The molecule has 0 amide bonds. The number of rotatable bonds is 1. The molecule has 0 aromatic heterocycles. The summed E-state index contributed by atoms with van der Waals surface area (Å²) in [4.78, 5) is 1.81. The predicted molar refractivity (Wildman–Crippen MR) is 50.5 cm³/mol. The maximum atomic E-state index is 5.21. The van der Waals surface area contributed by atoms with Crippen LogP contribution >= 0.6 is 15.9 Å². The third kappa shape index (κ3) is 1.32. The summed E-state index contributed by atoms with van der Waals surface area (Å²) in [7, 11) is 0. The highest BCUT2D eigenvalue weighted by Gasteiger charge is 2.11. The van der Waals surface area contributed by atoms with E-state index in [-0.39, 0.29) is 0 Å². The van der Waals surface area contributed by atoms with E-state index in [4.69, 9.17) is 9.47 Å². The summed E-state index contributed by atoms with van der Waals surface area (Å²) in [5.74, 6) is 1.64. The molecule has 0 N–H and O–H groups in total. The normalized spacial score (nSPS) is 14.1. The molecule has 3 heteroatoms. The lowest BCUT2D eigenvalue weighted by Crippen LogP contribution is -1.92. The number of hydrogen-bond donors (Lipinski definition) is 0. The summed E-state index contributed by atoms with van der Waals surface area (Å²) >= 11 is 3.21. The minimum Gasteiger partial charge on any atom is -0.454 e. The van der Waals surface area contributed by atoms with Gasteiger partial charge in [0.2, 0.25) is 6.79 Å². The van der Waals surface area contributed by atoms with Gasteiger partial charge in [0, 0.05) is 0 Å². The molecule has 12 heavy (non-hydrogen) atoms. The summed E-state index contributed by atoms with van der Waals surface area (Å²) in [6.07, 6.45) is 1.95. The zero-order valence-corrected chi connectivity index (χ0v) is 7.87. The van der Waals surface area contributed by atoms with Crippen molar-refractivity contribution in [2.45, 2.75) is 0 Å². The molecule has 0 radical (unpaired) electrons. The molecule has 1 aliphatic heterocycles. The molecule has 0 fully saturated rings. The maximum Gasteiger partial charge on any atom is 0.231 e. The van der Waals surface area contributed by atoms with Crippen molar-refractivity contribution in [3.8, 4) is 11.5 Å². The number of halogens is 1. The van der Waals surface area contributed by atoms with Crippen molar-refractivity contribution in [1.29, 1.82) is 0 Å². The molecule has 0 bridgehead atoms. The molecule has 1 heterocycles. The monoisotopic (exact) mass is 226 g/mol. The first-order valence-electron chi connectivity index (χ1n) is 3.56. The average Bonchev–Trinajstić information content (AvgIpc) is 2.51. The zero-order valence-electron chi connectivity index (χ0n) is 6.29. The van der Waals surface area contributed by atoms with Crippen LogP contribution < -0.4 is 9.47 Å². The molecule has 0 atom stereocenters. The Morgan fingerprint density at radius 2 is 2.08 bits per heavy atom. The minimum atomic E-state index is 0.330. The molecular formula is C9H7BrO2. The summed E-state index contributed by atoms with van der Waals surface area (Å²) in [6.45, 7) is 0.330. The standard InChI is InChI=1S/C9H7BrO2/c10-4-3-7-1-2-8-9(5-7)12-6-11-8/h1-5H,6H2/b4-3-. The summed E-state index contributed by atoms with van der Waals surface area (Å²) in [5, 5.41) is 0. The van der Waals surface area contributed by atoms with E-state index in [0.717, 1.165) is 17.1 Å². The van der Waals surface area contributed by atoms with Gasteiger partial charge in [-0.1, -0.05) is 22.0 Å². The van der Waals surface area contributed by atoms with Crippen LogP contribution in [0.2, 0.25) is 0 Å². The largest absolute Gasteiger partial charge is 0.454 e. The van der Waals surface area contributed by atoms with Crippen molar-refractivity contribution in [3.05, 3.63) is 28.7 Å². The Morgan fingerprint density at radius 3 is 2.92 bits per heavy atom. The molecule has 62 valence electrons. The number of ether oxygens (including phenoxy) is 2. The minimum absolute atomic E-state index is 0.330. The number of benzene rings is 1. The number of fused-ring (bicyclic) bond motifs is 1. The Labute approximate surface area is 78.9 Å². The van der Waals surface area contributed by atoms with Crippen molar-refractivity contribution < 1.29 is 9.47 Å². The molecule has 0 aliphatic carbocycles. The average molecular weight is 227 g/mol. The van der Waals surface area contributed by atoms with Gasteiger partial charge in [0.1, 0.15) is 0 Å². The van der Waals surface area contributed by atoms with Gasteiger partial charge in [-0.2, -0.15) is 0 Å². The second-order valence-electron chi connectivity index (χ2n) is 2.41. The Morgan fingerprint density at radius 1 is 1.25 bits per heavy atom. The Balaban J connectivity index is 2.38. The summed E-state index contributed by atoms with van der Waals surface area (Å²) in [6, 6.07) is 5.83. The Bertz CT molecular complexity index is 320. The van der Waals surface area contributed by atoms with E-state index in [0.29, 0.717) is 6.79 Å². The van der Waals surface area contributed by atoms with Gasteiger partial charge in [0.15, 0.2) is 11.5 Å². The molecule has 2 rings (SSSR count). The first-order valence-corrected chi connectivity index (χ1v) is 4.48. The Hall–Kier alpha value is -0.960. The molecule has 1 aromatic rings. The fourth-order valence-corrected chi connectivity index (χ4v) is 1.39. The van der Waals surface area contributed by atoms with Crippen LogP contribution in [0.3, 0.4) is 0 Å². The lowest BCUT2D eigenvalue weighted by molar-refractivity contribution is 0.174. The SMILES string of the molecule is Br/C=C\c1ccc2c(c1)OCO2. The van der Waals surface area contributed by atoms with E-state index < -0.39 is 0 Å². The van der Waals surface area contributed by atoms with Gasteiger partial charge in [-0.05, 0) is 28.8 Å². The van der Waals surface area contributed by atoms with Gasteiger partial charge in [-0.3, -0.25) is 0 Å². The fourth-order valence-electron chi connectivity index (χ4n) is 1.09. The number of hydrogen-bond acceptors (Lipinski definition) is 2. The highest BCUT2D eigenvalue weighted by Crippen LogP contribution is 2.32. The summed E-state index contributed by atoms with van der Waals surface area (Å²) in [5.41, 5.74) is 1.09. The van der Waals surface area contributed by atoms with E-state index in [1.165, 1.54) is 0 Å². The van der Waals surface area contributed by atoms with E-state index in [2.05, 4.69) is 15.9 Å². The van der Waals surface area contributed by atoms with Gasteiger partial charge in [-0.25, -0.2) is 0 Å². The van der Waals surface area contributed by atoms with E-state index in [1.54, 1.807) is 0 Å². The lowest BCUT2D eigenvalue weighted by Gasteiger charge is -1.96. The van der Waals surface area contributed by atoms with Gasteiger partial charge in [0.25, 0.3) is 0 Å². The highest BCUT2D eigenvalue weighted by atomic mass is 79.9. The van der Waals surface area contributed by atoms with Crippen molar-refractivity contribution in [3.63, 3.8) is 0 Å². The van der Waals surface area contributed by atoms with Crippen LogP contribution in [0.5, 0.6) is 11.5 Å². The van der Waals surface area contributed by atoms with Crippen molar-refractivity contribution in [2.75, 3.05) is 6.79 Å². The molecule has 0 saturated carbocycles. The lowest BCUT2D eigenvalue weighted by atomic mass is 10.2. The zero-order chi connectivity index (χ0) is 8.39. The van der Waals surface area contributed by atoms with Crippen LogP contribution in [0, 0.1) is 0 Å².